The molecule has 33 heavy (non-hydrogen) atoms. The molecule has 11 heteroatoms. The van der Waals surface area contributed by atoms with E-state index in [2.05, 4.69) is 4.98 Å². The third-order valence-corrected chi connectivity index (χ3v) is 5.30. The standard InChI is InChI=1S/C22H16ClF2N3O5/c23-20-18(33-11-13-2-3-14(24)8-15(13)25)5-6-27(21(20)31)9-12-1-4-16-17(7-12)28(19(30)10-29)22(32)26-16/h1-8,29H,9-11H2,(H,26,32). The van der Waals surface area contributed by atoms with Crippen LogP contribution >= 0.6 is 11.6 Å². The third-order valence-electron chi connectivity index (χ3n) is 4.95. The molecule has 0 fully saturated rings. The number of aromatic nitrogens is 3. The van der Waals surface area contributed by atoms with Gasteiger partial charge in [-0.05, 0) is 35.9 Å². The first-order valence-corrected chi connectivity index (χ1v) is 9.99. The molecule has 0 aliphatic heterocycles. The van der Waals surface area contributed by atoms with E-state index in [1.165, 1.54) is 22.9 Å². The van der Waals surface area contributed by atoms with Crippen molar-refractivity contribution in [2.75, 3.05) is 6.61 Å². The molecule has 0 spiro atoms. The monoisotopic (exact) mass is 475 g/mol. The van der Waals surface area contributed by atoms with E-state index < -0.39 is 35.4 Å². The van der Waals surface area contributed by atoms with Gasteiger partial charge in [-0.15, -0.1) is 0 Å². The summed E-state index contributed by atoms with van der Waals surface area (Å²) in [5, 5.41) is 8.87. The van der Waals surface area contributed by atoms with Crippen molar-refractivity contribution in [2.24, 2.45) is 0 Å². The van der Waals surface area contributed by atoms with E-state index in [0.717, 1.165) is 16.7 Å². The van der Waals surface area contributed by atoms with E-state index in [1.54, 1.807) is 18.2 Å². The Hall–Kier alpha value is -3.76. The van der Waals surface area contributed by atoms with Gasteiger partial charge in [-0.25, -0.2) is 18.1 Å². The molecule has 2 aromatic carbocycles. The first-order chi connectivity index (χ1) is 15.8. The predicted molar refractivity (Wildman–Crippen MR) is 116 cm³/mol. The van der Waals surface area contributed by atoms with Crippen molar-refractivity contribution in [3.8, 4) is 5.75 Å². The number of imidazole rings is 1. The predicted octanol–water partition coefficient (Wildman–Crippen LogP) is 2.68. The lowest BCUT2D eigenvalue weighted by Gasteiger charge is -2.12. The number of hydrogen-bond donors (Lipinski definition) is 2. The number of aliphatic hydroxyl groups is 1. The summed E-state index contributed by atoms with van der Waals surface area (Å²) < 4.78 is 34.3. The van der Waals surface area contributed by atoms with Gasteiger partial charge < -0.3 is 19.4 Å². The molecule has 2 N–H and O–H groups in total. The maximum absolute atomic E-state index is 13.8. The van der Waals surface area contributed by atoms with E-state index in [4.69, 9.17) is 21.4 Å². The van der Waals surface area contributed by atoms with Gasteiger partial charge in [-0.1, -0.05) is 17.7 Å². The van der Waals surface area contributed by atoms with E-state index >= 15 is 0 Å². The Labute approximate surface area is 189 Å². The van der Waals surface area contributed by atoms with E-state index in [9.17, 15) is 23.2 Å². The minimum atomic E-state index is -0.838. The second-order valence-corrected chi connectivity index (χ2v) is 7.50. The van der Waals surface area contributed by atoms with E-state index in [-0.39, 0.29) is 35.0 Å². The zero-order chi connectivity index (χ0) is 23.7. The average molecular weight is 476 g/mol. The molecule has 0 atom stereocenters. The highest BCUT2D eigenvalue weighted by Gasteiger charge is 2.15. The maximum atomic E-state index is 13.8. The van der Waals surface area contributed by atoms with E-state index in [0.29, 0.717) is 11.1 Å². The number of carbonyl (C=O) groups excluding carboxylic acids is 1. The Morgan fingerprint density at radius 3 is 2.64 bits per heavy atom. The van der Waals surface area contributed by atoms with Crippen molar-refractivity contribution in [1.29, 1.82) is 0 Å². The first kappa shape index (κ1) is 22.4. The topological polar surface area (TPSA) is 106 Å². The number of aliphatic hydroxyl groups excluding tert-OH is 1. The van der Waals surface area contributed by atoms with Gasteiger partial charge in [0.1, 0.15) is 35.6 Å². The number of rotatable bonds is 6. The number of aromatic amines is 1. The molecule has 0 aliphatic rings. The van der Waals surface area contributed by atoms with Gasteiger partial charge in [0, 0.05) is 17.8 Å². The molecular weight excluding hydrogens is 460 g/mol. The molecule has 0 amide bonds. The van der Waals surface area contributed by atoms with Gasteiger partial charge >= 0.3 is 5.69 Å². The molecule has 0 unspecified atom stereocenters. The summed E-state index contributed by atoms with van der Waals surface area (Å²) in [4.78, 5) is 39.1. The lowest BCUT2D eigenvalue weighted by Crippen LogP contribution is -2.26. The Morgan fingerprint density at radius 1 is 1.12 bits per heavy atom. The normalized spacial score (nSPS) is 11.2. The minimum Gasteiger partial charge on any atom is -0.487 e. The Morgan fingerprint density at radius 2 is 1.91 bits per heavy atom. The minimum absolute atomic E-state index is 0.0325. The first-order valence-electron chi connectivity index (χ1n) is 9.62. The van der Waals surface area contributed by atoms with Crippen LogP contribution in [0.25, 0.3) is 11.0 Å². The summed E-state index contributed by atoms with van der Waals surface area (Å²) in [6.07, 6.45) is 1.43. The lowest BCUT2D eigenvalue weighted by atomic mass is 10.2. The van der Waals surface area contributed by atoms with Crippen LogP contribution in [0.4, 0.5) is 8.78 Å². The second kappa shape index (κ2) is 9.00. The molecular formula is C22H16ClF2N3O5. The van der Waals surface area contributed by atoms with Crippen LogP contribution in [0.1, 0.15) is 15.9 Å². The number of H-pyrrole nitrogens is 1. The molecule has 170 valence electrons. The van der Waals surface area contributed by atoms with Crippen LogP contribution in [0, 0.1) is 11.6 Å². The summed E-state index contributed by atoms with van der Waals surface area (Å²) in [6.45, 7) is -1.03. The van der Waals surface area contributed by atoms with Gasteiger partial charge in [-0.3, -0.25) is 9.59 Å². The molecule has 0 aliphatic carbocycles. The third kappa shape index (κ3) is 4.43. The Bertz CT molecular complexity index is 1490. The van der Waals surface area contributed by atoms with Crippen LogP contribution in [-0.2, 0) is 13.2 Å². The maximum Gasteiger partial charge on any atom is 0.333 e. The van der Waals surface area contributed by atoms with Crippen molar-refractivity contribution in [2.45, 2.75) is 13.2 Å². The summed E-state index contributed by atoms with van der Waals surface area (Å²) in [7, 11) is 0. The van der Waals surface area contributed by atoms with Crippen molar-refractivity contribution in [3.63, 3.8) is 0 Å². The van der Waals surface area contributed by atoms with Gasteiger partial charge in [-0.2, -0.15) is 0 Å². The molecule has 4 aromatic rings. The van der Waals surface area contributed by atoms with Gasteiger partial charge in [0.2, 0.25) is 0 Å². The Balaban J connectivity index is 1.58. The van der Waals surface area contributed by atoms with Crippen molar-refractivity contribution in [1.82, 2.24) is 14.1 Å². The van der Waals surface area contributed by atoms with Crippen LogP contribution in [0.5, 0.6) is 5.75 Å². The molecule has 2 aromatic heterocycles. The van der Waals surface area contributed by atoms with Crippen LogP contribution in [-0.4, -0.2) is 31.7 Å². The Kier molecular flexibility index (Phi) is 6.12. The number of carbonyl (C=O) groups is 1. The zero-order valence-electron chi connectivity index (χ0n) is 16.8. The number of ether oxygens (including phenoxy) is 1. The summed E-state index contributed by atoms with van der Waals surface area (Å²) >= 11 is 6.14. The highest BCUT2D eigenvalue weighted by molar-refractivity contribution is 6.31. The molecule has 0 bridgehead atoms. The molecule has 0 saturated heterocycles. The number of fused-ring (bicyclic) bond motifs is 1. The quantitative estimate of drug-likeness (QED) is 0.446. The molecule has 8 nitrogen and oxygen atoms in total. The number of benzene rings is 2. The number of pyridine rings is 1. The fourth-order valence-corrected chi connectivity index (χ4v) is 3.55. The number of nitrogens with zero attached hydrogens (tertiary/aromatic N) is 2. The van der Waals surface area contributed by atoms with Crippen LogP contribution < -0.4 is 16.0 Å². The van der Waals surface area contributed by atoms with Crippen molar-refractivity contribution in [3.05, 3.63) is 97.3 Å². The van der Waals surface area contributed by atoms with Gasteiger partial charge in [0.05, 0.1) is 17.6 Å². The fraction of sp³-hybridized carbons (Fsp3) is 0.136. The molecule has 4 rings (SSSR count). The fourth-order valence-electron chi connectivity index (χ4n) is 3.32. The SMILES string of the molecule is O=C(CO)n1c(=O)[nH]c2ccc(Cn3ccc(OCc4ccc(F)cc4F)c(Cl)c3=O)cc21. The molecule has 2 heterocycles. The number of halogens is 3. The largest absolute Gasteiger partial charge is 0.487 e. The highest BCUT2D eigenvalue weighted by atomic mass is 35.5. The molecule has 0 saturated carbocycles. The van der Waals surface area contributed by atoms with Crippen molar-refractivity contribution < 1.29 is 23.4 Å². The summed E-state index contributed by atoms with van der Waals surface area (Å²) in [5.74, 6) is -2.25. The van der Waals surface area contributed by atoms with Crippen LogP contribution in [0.2, 0.25) is 5.02 Å². The summed E-state index contributed by atoms with van der Waals surface area (Å²) in [6, 6.07) is 9.28. The van der Waals surface area contributed by atoms with E-state index in [1.807, 2.05) is 0 Å². The van der Waals surface area contributed by atoms with Crippen LogP contribution in [0.3, 0.4) is 0 Å². The zero-order valence-corrected chi connectivity index (χ0v) is 17.6. The van der Waals surface area contributed by atoms with Crippen molar-refractivity contribution >= 4 is 28.5 Å². The summed E-state index contributed by atoms with van der Waals surface area (Å²) in [5.41, 5.74) is 0.0815. The second-order valence-electron chi connectivity index (χ2n) is 7.12. The molecule has 0 radical (unpaired) electrons. The van der Waals surface area contributed by atoms with Crippen LogP contribution in [0.15, 0.2) is 58.3 Å². The van der Waals surface area contributed by atoms with Gasteiger partial charge in [0.25, 0.3) is 11.5 Å². The smallest absolute Gasteiger partial charge is 0.333 e. The van der Waals surface area contributed by atoms with Gasteiger partial charge in [0.15, 0.2) is 0 Å². The number of nitrogens with one attached hydrogen (secondary N) is 1. The number of hydrogen-bond acceptors (Lipinski definition) is 5. The highest BCUT2D eigenvalue weighted by Crippen LogP contribution is 2.22. The lowest BCUT2D eigenvalue weighted by molar-refractivity contribution is 0.0820. The average Bonchev–Trinajstić information content (AvgIpc) is 3.12.